The number of benzene rings is 2. The van der Waals surface area contributed by atoms with Gasteiger partial charge in [0.1, 0.15) is 18.2 Å². The summed E-state index contributed by atoms with van der Waals surface area (Å²) in [5, 5.41) is 1.96. The molecule has 1 aromatic heterocycles. The van der Waals surface area contributed by atoms with Crippen LogP contribution in [0.4, 0.5) is 17.6 Å². The molecular weight excluding hydrogens is 388 g/mol. The molecule has 1 unspecified atom stereocenters. The third kappa shape index (κ3) is 5.54. The average Bonchev–Trinajstić information content (AvgIpc) is 2.71. The maximum Gasteiger partial charge on any atom is 0.412 e. The maximum absolute atomic E-state index is 13.4. The number of hydrogen-bond acceptors (Lipinski definition) is 3. The number of rotatable bonds is 6. The second kappa shape index (κ2) is 8.72. The van der Waals surface area contributed by atoms with Gasteiger partial charge in [0, 0.05) is 23.5 Å². The van der Waals surface area contributed by atoms with E-state index in [1.54, 1.807) is 30.6 Å². The van der Waals surface area contributed by atoms with Gasteiger partial charge >= 0.3 is 6.18 Å². The van der Waals surface area contributed by atoms with Crippen LogP contribution in [0.5, 0.6) is 5.75 Å². The molecule has 29 heavy (non-hydrogen) atoms. The number of alkyl halides is 3. The van der Waals surface area contributed by atoms with Gasteiger partial charge in [0.25, 0.3) is 5.91 Å². The van der Waals surface area contributed by atoms with Crippen molar-refractivity contribution in [1.82, 2.24) is 10.3 Å². The monoisotopic (exact) mass is 404 g/mol. The van der Waals surface area contributed by atoms with E-state index in [9.17, 15) is 22.4 Å². The van der Waals surface area contributed by atoms with Crippen LogP contribution in [0.1, 0.15) is 27.5 Å². The van der Waals surface area contributed by atoms with Crippen molar-refractivity contribution in [2.24, 2.45) is 0 Å². The number of halogens is 4. The van der Waals surface area contributed by atoms with Crippen molar-refractivity contribution in [1.29, 1.82) is 0 Å². The van der Waals surface area contributed by atoms with Gasteiger partial charge in [-0.25, -0.2) is 4.39 Å². The normalized spacial score (nSPS) is 12.3. The number of hydrogen-bond donors (Lipinski definition) is 1. The van der Waals surface area contributed by atoms with Crippen molar-refractivity contribution in [3.8, 4) is 5.75 Å². The molecule has 2 aromatic carbocycles. The van der Waals surface area contributed by atoms with Crippen molar-refractivity contribution in [3.05, 3.63) is 95.6 Å². The lowest BCUT2D eigenvalue weighted by molar-refractivity contribution is -0.155. The molecule has 3 aromatic rings. The van der Waals surface area contributed by atoms with Crippen LogP contribution in [-0.4, -0.2) is 17.1 Å². The Morgan fingerprint density at radius 2 is 1.83 bits per heavy atom. The number of ether oxygens (including phenoxy) is 1. The molecule has 0 radical (unpaired) electrons. The first-order chi connectivity index (χ1) is 13.8. The van der Waals surface area contributed by atoms with Gasteiger partial charge in [-0.3, -0.25) is 9.78 Å². The summed E-state index contributed by atoms with van der Waals surface area (Å²) in [4.78, 5) is 16.4. The average molecular weight is 404 g/mol. The summed E-state index contributed by atoms with van der Waals surface area (Å²) in [6.07, 6.45) is -1.51. The van der Waals surface area contributed by atoms with E-state index in [2.05, 4.69) is 4.98 Å². The van der Waals surface area contributed by atoms with Crippen LogP contribution in [-0.2, 0) is 6.61 Å². The number of pyridine rings is 1. The summed E-state index contributed by atoms with van der Waals surface area (Å²) in [6.45, 7) is 0.194. The van der Waals surface area contributed by atoms with Gasteiger partial charge in [0.05, 0.1) is 0 Å². The highest BCUT2D eigenvalue weighted by Crippen LogP contribution is 2.33. The molecule has 1 heterocycles. The van der Waals surface area contributed by atoms with E-state index in [0.717, 1.165) is 29.8 Å². The van der Waals surface area contributed by atoms with Gasteiger partial charge in [-0.15, -0.1) is 0 Å². The van der Waals surface area contributed by atoms with Crippen LogP contribution in [0.15, 0.2) is 73.1 Å². The van der Waals surface area contributed by atoms with Crippen molar-refractivity contribution in [2.75, 3.05) is 0 Å². The van der Waals surface area contributed by atoms with Crippen LogP contribution in [0.2, 0.25) is 0 Å². The fraction of sp³-hybridized carbons (Fsp3) is 0.143. The maximum atomic E-state index is 13.4. The molecule has 150 valence electrons. The number of carbonyl (C=O) groups is 1. The van der Waals surface area contributed by atoms with Gasteiger partial charge in [-0.05, 0) is 42.0 Å². The summed E-state index contributed by atoms with van der Waals surface area (Å²) in [5.41, 5.74) is 0.539. The Bertz CT molecular complexity index is 960. The third-order valence-electron chi connectivity index (χ3n) is 4.03. The Morgan fingerprint density at radius 3 is 2.48 bits per heavy atom. The number of aromatic nitrogens is 1. The lowest BCUT2D eigenvalue weighted by Crippen LogP contribution is -2.38. The molecule has 0 aliphatic carbocycles. The molecule has 8 heteroatoms. The first-order valence-electron chi connectivity index (χ1n) is 8.58. The molecule has 0 saturated heterocycles. The highest BCUT2D eigenvalue weighted by Gasteiger charge is 2.42. The first kappa shape index (κ1) is 20.3. The van der Waals surface area contributed by atoms with Gasteiger partial charge < -0.3 is 10.1 Å². The number of nitrogens with one attached hydrogen (secondary N) is 1. The minimum atomic E-state index is -4.75. The Hall–Kier alpha value is -3.42. The molecule has 0 bridgehead atoms. The van der Waals surface area contributed by atoms with E-state index in [0.29, 0.717) is 5.75 Å². The Kier molecular flexibility index (Phi) is 6.11. The van der Waals surface area contributed by atoms with Gasteiger partial charge in [-0.1, -0.05) is 24.3 Å². The predicted molar refractivity (Wildman–Crippen MR) is 97.7 cm³/mol. The summed E-state index contributed by atoms with van der Waals surface area (Å²) in [7, 11) is 0. The highest BCUT2D eigenvalue weighted by atomic mass is 19.4. The summed E-state index contributed by atoms with van der Waals surface area (Å²) >= 11 is 0. The zero-order valence-electron chi connectivity index (χ0n) is 15.0. The second-order valence-electron chi connectivity index (χ2n) is 6.18. The molecule has 0 aliphatic rings. The molecule has 4 nitrogen and oxygen atoms in total. The van der Waals surface area contributed by atoms with Gasteiger partial charge in [0.15, 0.2) is 6.04 Å². The van der Waals surface area contributed by atoms with Crippen molar-refractivity contribution < 1.29 is 27.1 Å². The molecular formula is C21H16F4N2O2. The predicted octanol–water partition coefficient (Wildman–Crippen LogP) is 4.83. The fourth-order valence-electron chi connectivity index (χ4n) is 2.60. The molecule has 1 atom stereocenters. The Morgan fingerprint density at radius 1 is 1.07 bits per heavy atom. The van der Waals surface area contributed by atoms with Gasteiger partial charge in [-0.2, -0.15) is 13.2 Å². The van der Waals surface area contributed by atoms with E-state index in [4.69, 9.17) is 4.74 Å². The van der Waals surface area contributed by atoms with Crippen molar-refractivity contribution in [3.63, 3.8) is 0 Å². The van der Waals surface area contributed by atoms with E-state index >= 15 is 0 Å². The van der Waals surface area contributed by atoms with E-state index in [1.165, 1.54) is 18.2 Å². The smallest absolute Gasteiger partial charge is 0.412 e. The van der Waals surface area contributed by atoms with Crippen LogP contribution in [0, 0.1) is 5.82 Å². The van der Waals surface area contributed by atoms with Crippen LogP contribution in [0.3, 0.4) is 0 Å². The molecule has 3 rings (SSSR count). The summed E-state index contributed by atoms with van der Waals surface area (Å²) in [5.74, 6) is -1.27. The van der Waals surface area contributed by atoms with E-state index in [1.807, 2.05) is 5.32 Å². The summed E-state index contributed by atoms with van der Waals surface area (Å²) in [6, 6.07) is 10.9. The number of carbonyl (C=O) groups excluding carboxylic acids is 1. The Labute approximate surface area is 164 Å². The lowest BCUT2D eigenvalue weighted by atomic mass is 10.1. The standard InChI is InChI=1S/C21H16F4N2O2/c22-17-8-6-15(7-9-17)19(21(23,24)25)27-20(28)16-4-1-5-18(11-16)29-13-14-3-2-10-26-12-14/h1-12,19H,13H2,(H,27,28). The second-order valence-corrected chi connectivity index (χ2v) is 6.18. The minimum Gasteiger partial charge on any atom is -0.489 e. The van der Waals surface area contributed by atoms with Crippen molar-refractivity contribution in [2.45, 2.75) is 18.8 Å². The van der Waals surface area contributed by atoms with E-state index < -0.39 is 23.9 Å². The quantitative estimate of drug-likeness (QED) is 0.599. The molecule has 0 spiro atoms. The minimum absolute atomic E-state index is 0.00467. The molecule has 0 aliphatic heterocycles. The van der Waals surface area contributed by atoms with Crippen LogP contribution < -0.4 is 10.1 Å². The fourth-order valence-corrected chi connectivity index (χ4v) is 2.60. The summed E-state index contributed by atoms with van der Waals surface area (Å²) < 4.78 is 58.9. The molecule has 0 saturated carbocycles. The number of amides is 1. The van der Waals surface area contributed by atoms with Crippen molar-refractivity contribution >= 4 is 5.91 Å². The zero-order chi connectivity index (χ0) is 20.9. The Balaban J connectivity index is 1.73. The highest BCUT2D eigenvalue weighted by molar-refractivity contribution is 5.94. The third-order valence-corrected chi connectivity index (χ3v) is 4.03. The van der Waals surface area contributed by atoms with E-state index in [-0.39, 0.29) is 17.7 Å². The van der Waals surface area contributed by atoms with Crippen LogP contribution >= 0.6 is 0 Å². The molecule has 1 amide bonds. The first-order valence-corrected chi connectivity index (χ1v) is 8.58. The van der Waals surface area contributed by atoms with Crippen LogP contribution in [0.25, 0.3) is 0 Å². The van der Waals surface area contributed by atoms with Gasteiger partial charge in [0.2, 0.25) is 0 Å². The zero-order valence-corrected chi connectivity index (χ0v) is 15.0. The topological polar surface area (TPSA) is 51.2 Å². The lowest BCUT2D eigenvalue weighted by Gasteiger charge is -2.22. The molecule has 0 fully saturated rings. The SMILES string of the molecule is O=C(NC(c1ccc(F)cc1)C(F)(F)F)c1cccc(OCc2cccnc2)c1. The number of nitrogens with zero attached hydrogens (tertiary/aromatic N) is 1. The molecule has 1 N–H and O–H groups in total. The largest absolute Gasteiger partial charge is 0.489 e.